The highest BCUT2D eigenvalue weighted by Crippen LogP contribution is 2.24. The maximum absolute atomic E-state index is 12.3. The molecule has 0 radical (unpaired) electrons. The van der Waals surface area contributed by atoms with E-state index in [2.05, 4.69) is 20.6 Å². The van der Waals surface area contributed by atoms with Crippen molar-refractivity contribution in [3.05, 3.63) is 30.1 Å². The Hall–Kier alpha value is -2.38. The third-order valence-corrected chi connectivity index (χ3v) is 4.27. The van der Waals surface area contributed by atoms with Gasteiger partial charge in [-0.3, -0.25) is 4.68 Å². The number of piperidine rings is 1. The van der Waals surface area contributed by atoms with Crippen molar-refractivity contribution in [3.8, 4) is 0 Å². The van der Waals surface area contributed by atoms with Crippen LogP contribution < -0.4 is 5.32 Å². The Morgan fingerprint density at radius 3 is 3.00 bits per heavy atom. The van der Waals surface area contributed by atoms with Gasteiger partial charge in [0.05, 0.1) is 6.20 Å². The maximum Gasteiger partial charge on any atom is 0.317 e. The molecule has 1 aliphatic heterocycles. The third-order valence-electron chi connectivity index (χ3n) is 4.27. The molecular weight excluding hydrogens is 294 g/mol. The number of urea groups is 1. The SMILES string of the molecule is Cn1cc(CCNC(=O)N2CCC[C@@H](c3nncn3C)C2)cn1. The van der Waals surface area contributed by atoms with Gasteiger partial charge >= 0.3 is 6.03 Å². The first-order valence-electron chi connectivity index (χ1n) is 7.97. The largest absolute Gasteiger partial charge is 0.338 e. The maximum atomic E-state index is 12.3. The standard InChI is InChI=1S/C15H23N7O/c1-20-11-17-19-14(20)13-4-3-7-22(10-13)15(23)16-6-5-12-8-18-21(2)9-12/h8-9,11,13H,3-7,10H2,1-2H3,(H,16,23)/t13-/m1/s1. The number of rotatable bonds is 4. The van der Waals surface area contributed by atoms with Gasteiger partial charge in [0.15, 0.2) is 0 Å². The van der Waals surface area contributed by atoms with Crippen LogP contribution in [0.3, 0.4) is 0 Å². The second-order valence-electron chi connectivity index (χ2n) is 6.09. The number of likely N-dealkylation sites (tertiary alicyclic amines) is 1. The number of amides is 2. The lowest BCUT2D eigenvalue weighted by Crippen LogP contribution is -2.45. The number of nitrogens with one attached hydrogen (secondary N) is 1. The Balaban J connectivity index is 1.50. The van der Waals surface area contributed by atoms with Crippen LogP contribution in [-0.2, 0) is 20.5 Å². The molecule has 23 heavy (non-hydrogen) atoms. The molecular formula is C15H23N7O. The van der Waals surface area contributed by atoms with Crippen LogP contribution in [0.25, 0.3) is 0 Å². The second kappa shape index (κ2) is 6.80. The molecule has 2 aromatic heterocycles. The van der Waals surface area contributed by atoms with Gasteiger partial charge in [-0.25, -0.2) is 4.79 Å². The number of aryl methyl sites for hydroxylation is 2. The Bertz CT molecular complexity index is 662. The van der Waals surface area contributed by atoms with Crippen LogP contribution in [0.1, 0.15) is 30.1 Å². The van der Waals surface area contributed by atoms with Gasteiger partial charge in [-0.1, -0.05) is 0 Å². The average Bonchev–Trinajstić information content (AvgIpc) is 3.16. The summed E-state index contributed by atoms with van der Waals surface area (Å²) >= 11 is 0. The van der Waals surface area contributed by atoms with Crippen LogP contribution in [0.2, 0.25) is 0 Å². The zero-order chi connectivity index (χ0) is 16.2. The van der Waals surface area contributed by atoms with Crippen molar-refractivity contribution in [2.45, 2.75) is 25.2 Å². The van der Waals surface area contributed by atoms with Gasteiger partial charge in [0.2, 0.25) is 0 Å². The molecule has 3 rings (SSSR count). The lowest BCUT2D eigenvalue weighted by molar-refractivity contribution is 0.178. The summed E-state index contributed by atoms with van der Waals surface area (Å²) in [5.74, 6) is 1.22. The highest BCUT2D eigenvalue weighted by molar-refractivity contribution is 5.74. The molecule has 1 N–H and O–H groups in total. The fourth-order valence-corrected chi connectivity index (χ4v) is 3.06. The summed E-state index contributed by atoms with van der Waals surface area (Å²) in [6, 6.07) is 0.000702. The highest BCUT2D eigenvalue weighted by Gasteiger charge is 2.27. The van der Waals surface area contributed by atoms with Gasteiger partial charge in [0, 0.05) is 45.8 Å². The van der Waals surface area contributed by atoms with Crippen molar-refractivity contribution in [1.29, 1.82) is 0 Å². The first-order chi connectivity index (χ1) is 11.1. The minimum atomic E-state index is 0.000702. The van der Waals surface area contributed by atoms with Gasteiger partial charge < -0.3 is 14.8 Å². The van der Waals surface area contributed by atoms with E-state index in [-0.39, 0.29) is 11.9 Å². The van der Waals surface area contributed by atoms with Crippen LogP contribution in [-0.4, -0.2) is 55.1 Å². The molecule has 1 aliphatic rings. The van der Waals surface area contributed by atoms with Crippen LogP contribution in [0, 0.1) is 0 Å². The van der Waals surface area contributed by atoms with E-state index in [4.69, 9.17) is 0 Å². The quantitative estimate of drug-likeness (QED) is 0.899. The van der Waals surface area contributed by atoms with Crippen molar-refractivity contribution < 1.29 is 4.79 Å². The number of carbonyl (C=O) groups is 1. The summed E-state index contributed by atoms with van der Waals surface area (Å²) in [5.41, 5.74) is 1.13. The van der Waals surface area contributed by atoms with Crippen LogP contribution in [0.15, 0.2) is 18.7 Å². The van der Waals surface area contributed by atoms with Gasteiger partial charge in [-0.05, 0) is 24.8 Å². The minimum absolute atomic E-state index is 0.000702. The number of carbonyl (C=O) groups excluding carboxylic acids is 1. The van der Waals surface area contributed by atoms with E-state index in [1.54, 1.807) is 11.0 Å². The molecule has 2 aromatic rings. The summed E-state index contributed by atoms with van der Waals surface area (Å²) in [4.78, 5) is 14.2. The van der Waals surface area contributed by atoms with Gasteiger partial charge in [0.1, 0.15) is 12.2 Å². The molecule has 1 atom stereocenters. The Labute approximate surface area is 135 Å². The number of hydrogen-bond acceptors (Lipinski definition) is 4. The van der Waals surface area contributed by atoms with Gasteiger partial charge in [-0.15, -0.1) is 10.2 Å². The molecule has 2 amide bonds. The Morgan fingerprint density at radius 2 is 2.30 bits per heavy atom. The summed E-state index contributed by atoms with van der Waals surface area (Å²) in [5, 5.41) is 15.2. The number of nitrogens with zero attached hydrogens (tertiary/aromatic N) is 6. The predicted octanol–water partition coefficient (Wildman–Crippen LogP) is 0.680. The molecule has 0 saturated carbocycles. The van der Waals surface area contributed by atoms with Crippen molar-refractivity contribution in [2.75, 3.05) is 19.6 Å². The Kier molecular flexibility index (Phi) is 4.59. The van der Waals surface area contributed by atoms with Crippen molar-refractivity contribution in [2.24, 2.45) is 14.1 Å². The van der Waals surface area contributed by atoms with Crippen molar-refractivity contribution in [3.63, 3.8) is 0 Å². The fourth-order valence-electron chi connectivity index (χ4n) is 3.06. The summed E-state index contributed by atoms with van der Waals surface area (Å²) < 4.78 is 3.71. The van der Waals surface area contributed by atoms with Gasteiger partial charge in [-0.2, -0.15) is 5.10 Å². The molecule has 8 heteroatoms. The zero-order valence-electron chi connectivity index (χ0n) is 13.6. The monoisotopic (exact) mass is 317 g/mol. The van der Waals surface area contributed by atoms with E-state index >= 15 is 0 Å². The molecule has 1 fully saturated rings. The topological polar surface area (TPSA) is 80.9 Å². The van der Waals surface area contributed by atoms with Crippen molar-refractivity contribution in [1.82, 2.24) is 34.8 Å². The first kappa shape index (κ1) is 15.5. The fraction of sp³-hybridized carbons (Fsp3) is 0.600. The van der Waals surface area contributed by atoms with Gasteiger partial charge in [0.25, 0.3) is 0 Å². The van der Waals surface area contributed by atoms with E-state index in [1.807, 2.05) is 36.0 Å². The predicted molar refractivity (Wildman–Crippen MR) is 84.9 cm³/mol. The zero-order valence-corrected chi connectivity index (χ0v) is 13.6. The normalized spacial score (nSPS) is 18.2. The summed E-state index contributed by atoms with van der Waals surface area (Å²) in [6.45, 7) is 2.12. The summed E-state index contributed by atoms with van der Waals surface area (Å²) in [6.07, 6.45) is 8.34. The molecule has 1 saturated heterocycles. The summed E-state index contributed by atoms with van der Waals surface area (Å²) in [7, 11) is 3.84. The van der Waals surface area contributed by atoms with E-state index in [0.717, 1.165) is 37.2 Å². The van der Waals surface area contributed by atoms with Crippen LogP contribution in [0.4, 0.5) is 4.79 Å². The third kappa shape index (κ3) is 3.69. The lowest BCUT2D eigenvalue weighted by Gasteiger charge is -2.32. The molecule has 8 nitrogen and oxygen atoms in total. The molecule has 0 unspecified atom stereocenters. The lowest BCUT2D eigenvalue weighted by atomic mass is 9.97. The highest BCUT2D eigenvalue weighted by atomic mass is 16.2. The van der Waals surface area contributed by atoms with Crippen molar-refractivity contribution >= 4 is 6.03 Å². The van der Waals surface area contributed by atoms with Crippen LogP contribution in [0.5, 0.6) is 0 Å². The average molecular weight is 317 g/mol. The Morgan fingerprint density at radius 1 is 1.43 bits per heavy atom. The first-order valence-corrected chi connectivity index (χ1v) is 7.97. The molecule has 3 heterocycles. The van der Waals surface area contributed by atoms with E-state index in [0.29, 0.717) is 13.1 Å². The molecule has 124 valence electrons. The molecule has 0 aromatic carbocycles. The van der Waals surface area contributed by atoms with E-state index in [1.165, 1.54) is 0 Å². The molecule has 0 aliphatic carbocycles. The minimum Gasteiger partial charge on any atom is -0.338 e. The number of hydrogen-bond donors (Lipinski definition) is 1. The molecule has 0 bridgehead atoms. The second-order valence-corrected chi connectivity index (χ2v) is 6.09. The molecule has 0 spiro atoms. The van der Waals surface area contributed by atoms with Crippen LogP contribution >= 0.6 is 0 Å². The van der Waals surface area contributed by atoms with E-state index < -0.39 is 0 Å². The van der Waals surface area contributed by atoms with E-state index in [9.17, 15) is 4.79 Å². The number of aromatic nitrogens is 5. The smallest absolute Gasteiger partial charge is 0.317 e.